The van der Waals surface area contributed by atoms with E-state index in [1.165, 1.54) is 116 Å². The summed E-state index contributed by atoms with van der Waals surface area (Å²) in [7, 11) is -4.41. The molecule has 0 aromatic rings. The van der Waals surface area contributed by atoms with Crippen molar-refractivity contribution in [2.75, 3.05) is 26.4 Å². The lowest BCUT2D eigenvalue weighted by atomic mass is 10.0. The van der Waals surface area contributed by atoms with E-state index in [0.29, 0.717) is 6.42 Å². The normalized spacial score (nSPS) is 14.0. The third kappa shape index (κ3) is 72.3. The maximum absolute atomic E-state index is 12.8. The first kappa shape index (κ1) is 84.4. The van der Waals surface area contributed by atoms with Gasteiger partial charge in [0.25, 0.3) is 0 Å². The van der Waals surface area contributed by atoms with Crippen molar-refractivity contribution < 1.29 is 37.6 Å². The molecule has 2 atom stereocenters. The highest BCUT2D eigenvalue weighted by atomic mass is 31.2. The molecular weight excluding hydrogens is 1120 g/mol. The van der Waals surface area contributed by atoms with E-state index in [9.17, 15) is 19.0 Å². The maximum Gasteiger partial charge on any atom is 0.472 e. The van der Waals surface area contributed by atoms with Crippen molar-refractivity contribution in [3.05, 3.63) is 170 Å². The van der Waals surface area contributed by atoms with Gasteiger partial charge in [-0.15, -0.1) is 0 Å². The highest BCUT2D eigenvalue weighted by Crippen LogP contribution is 2.43. The molecule has 504 valence electrons. The summed E-state index contributed by atoms with van der Waals surface area (Å²) in [5, 5.41) is 0. The van der Waals surface area contributed by atoms with E-state index in [-0.39, 0.29) is 32.6 Å². The molecule has 0 rings (SSSR count). The van der Waals surface area contributed by atoms with E-state index in [1.54, 1.807) is 0 Å². The molecule has 9 nitrogen and oxygen atoms in total. The molecule has 0 aromatic carbocycles. The number of allylic oxidation sites excluding steroid dienone is 28. The zero-order valence-corrected chi connectivity index (χ0v) is 57.5. The Balaban J connectivity index is 3.97. The van der Waals surface area contributed by atoms with Crippen molar-refractivity contribution in [2.45, 2.75) is 290 Å². The van der Waals surface area contributed by atoms with E-state index in [1.807, 2.05) is 0 Å². The molecule has 0 fully saturated rings. The number of hydrogen-bond acceptors (Lipinski definition) is 8. The number of unbranched alkanes of at least 4 members (excludes halogenated alkanes) is 24. The topological polar surface area (TPSA) is 134 Å². The molecule has 0 aliphatic rings. The second-order valence-electron chi connectivity index (χ2n) is 23.0. The van der Waals surface area contributed by atoms with Gasteiger partial charge in [-0.05, 0) is 128 Å². The van der Waals surface area contributed by atoms with Gasteiger partial charge in [0.1, 0.15) is 6.61 Å². The molecular formula is C79H130NO8P. The van der Waals surface area contributed by atoms with Crippen LogP contribution in [0.15, 0.2) is 170 Å². The zero-order valence-electron chi connectivity index (χ0n) is 56.6. The van der Waals surface area contributed by atoms with Crippen LogP contribution in [-0.4, -0.2) is 49.3 Å². The smallest absolute Gasteiger partial charge is 0.462 e. The van der Waals surface area contributed by atoms with Gasteiger partial charge in [-0.3, -0.25) is 18.6 Å². The molecule has 0 bridgehead atoms. The van der Waals surface area contributed by atoms with Gasteiger partial charge in [-0.25, -0.2) is 4.57 Å². The predicted octanol–water partition coefficient (Wildman–Crippen LogP) is 23.7. The Hall–Kier alpha value is -4.63. The molecule has 0 amide bonds. The summed E-state index contributed by atoms with van der Waals surface area (Å²) in [5.74, 6) is -0.860. The molecule has 0 aliphatic heterocycles. The number of rotatable bonds is 65. The van der Waals surface area contributed by atoms with Gasteiger partial charge in [0, 0.05) is 19.4 Å². The summed E-state index contributed by atoms with van der Waals surface area (Å²) >= 11 is 0. The zero-order chi connectivity index (χ0) is 64.4. The first-order valence-corrected chi connectivity index (χ1v) is 37.1. The standard InChI is InChI=1S/C79H130NO8P/c1-3-5-7-9-11-13-15-17-19-21-23-25-27-29-31-33-35-37-38-40-42-44-46-48-50-52-54-56-58-60-62-64-66-68-70-72-79(82)88-77(76-87-89(83,84)86-74-73-80)75-85-78(81)71-69-67-65-63-61-59-57-55-53-51-49-47-45-43-41-39-36-34-32-30-28-26-24-22-20-18-16-14-12-10-8-6-4-2/h5-8,11-14,17-20,23-26,29,31,35,37,40,42,46,48,52,54,58,60,77H,3-4,9-10,15-16,21-22,27-28,30,32-34,36,38-39,41,43-45,47,49-51,53,55-57,59,61-76,80H2,1-2H3,(H,83,84)/b7-5-,8-6-,13-11-,14-12-,19-17-,20-18-,25-23-,26-24-,31-29-,37-35-,42-40-,48-46-,54-52-,60-58-. The monoisotopic (exact) mass is 1250 g/mol. The molecule has 0 saturated carbocycles. The van der Waals surface area contributed by atoms with Gasteiger partial charge in [0.15, 0.2) is 6.10 Å². The Morgan fingerprint density at radius 1 is 0.337 bits per heavy atom. The van der Waals surface area contributed by atoms with Crippen LogP contribution in [0, 0.1) is 0 Å². The highest BCUT2D eigenvalue weighted by Gasteiger charge is 2.26. The summed E-state index contributed by atoms with van der Waals surface area (Å²) in [4.78, 5) is 35.4. The highest BCUT2D eigenvalue weighted by molar-refractivity contribution is 7.47. The van der Waals surface area contributed by atoms with E-state index in [2.05, 4.69) is 184 Å². The van der Waals surface area contributed by atoms with E-state index in [0.717, 1.165) is 135 Å². The number of ether oxygens (including phenoxy) is 2. The molecule has 0 aromatic heterocycles. The van der Waals surface area contributed by atoms with Gasteiger partial charge < -0.3 is 20.1 Å². The van der Waals surface area contributed by atoms with Gasteiger partial charge in [-0.2, -0.15) is 0 Å². The Bertz CT molecular complexity index is 2070. The quantitative estimate of drug-likeness (QED) is 0.0264. The number of phosphoric ester groups is 1. The number of carbonyl (C=O) groups excluding carboxylic acids is 2. The molecule has 0 heterocycles. The number of nitrogens with two attached hydrogens (primary N) is 1. The minimum atomic E-state index is -4.41. The summed E-state index contributed by atoms with van der Waals surface area (Å²) in [5.41, 5.74) is 5.40. The Labute approximate surface area is 546 Å². The second kappa shape index (κ2) is 72.4. The van der Waals surface area contributed by atoms with Gasteiger partial charge in [0.05, 0.1) is 13.2 Å². The van der Waals surface area contributed by atoms with Crippen molar-refractivity contribution in [1.82, 2.24) is 0 Å². The number of hydrogen-bond donors (Lipinski definition) is 2. The van der Waals surface area contributed by atoms with Crippen molar-refractivity contribution in [1.29, 1.82) is 0 Å². The predicted molar refractivity (Wildman–Crippen MR) is 385 cm³/mol. The molecule has 0 radical (unpaired) electrons. The lowest BCUT2D eigenvalue weighted by Gasteiger charge is -2.19. The van der Waals surface area contributed by atoms with Crippen LogP contribution in [-0.2, 0) is 32.7 Å². The van der Waals surface area contributed by atoms with Crippen molar-refractivity contribution in [3.8, 4) is 0 Å². The Kier molecular flexibility index (Phi) is 68.7. The van der Waals surface area contributed by atoms with Crippen LogP contribution in [0.3, 0.4) is 0 Å². The molecule has 3 N–H and O–H groups in total. The van der Waals surface area contributed by atoms with Crippen LogP contribution in [0.4, 0.5) is 0 Å². The van der Waals surface area contributed by atoms with Crippen molar-refractivity contribution >= 4 is 19.8 Å². The molecule has 2 unspecified atom stereocenters. The number of carbonyl (C=O) groups is 2. The van der Waals surface area contributed by atoms with Crippen LogP contribution >= 0.6 is 7.82 Å². The summed E-state index contributed by atoms with van der Waals surface area (Å²) < 4.78 is 33.2. The average molecular weight is 1250 g/mol. The summed E-state index contributed by atoms with van der Waals surface area (Å²) in [6.07, 6.45) is 107. The van der Waals surface area contributed by atoms with E-state index < -0.39 is 32.5 Å². The van der Waals surface area contributed by atoms with Crippen LogP contribution in [0.2, 0.25) is 0 Å². The fraction of sp³-hybridized carbons (Fsp3) is 0.620. The minimum Gasteiger partial charge on any atom is -0.462 e. The maximum atomic E-state index is 12.8. The van der Waals surface area contributed by atoms with Gasteiger partial charge >= 0.3 is 19.8 Å². The average Bonchev–Trinajstić information content (AvgIpc) is 3.66. The van der Waals surface area contributed by atoms with E-state index in [4.69, 9.17) is 24.3 Å². The molecule has 0 spiro atoms. The van der Waals surface area contributed by atoms with E-state index >= 15 is 0 Å². The largest absolute Gasteiger partial charge is 0.472 e. The van der Waals surface area contributed by atoms with Gasteiger partial charge in [0.2, 0.25) is 0 Å². The third-order valence-electron chi connectivity index (χ3n) is 14.6. The van der Waals surface area contributed by atoms with Crippen LogP contribution in [0.1, 0.15) is 284 Å². The van der Waals surface area contributed by atoms with Crippen LogP contribution < -0.4 is 5.73 Å². The molecule has 0 aliphatic carbocycles. The SMILES string of the molecule is CC/C=C\C/C=C\C/C=C\C/C=C\C/C=C\C/C=C\C/C=C\C/C=C\C/C=C\C/C=C\CCCCCCC(=O)OC(COC(=O)CCCCCCCCCCCCCCCCCCCCCC/C=C\C/C=C\C/C=C\C/C=C\CC)COP(=O)(O)OCCN. The molecule has 0 saturated heterocycles. The summed E-state index contributed by atoms with van der Waals surface area (Å²) in [6, 6.07) is 0. The molecule has 10 heteroatoms. The molecule has 89 heavy (non-hydrogen) atoms. The van der Waals surface area contributed by atoms with Crippen LogP contribution in [0.5, 0.6) is 0 Å². The first-order valence-electron chi connectivity index (χ1n) is 35.6. The summed E-state index contributed by atoms with van der Waals surface area (Å²) in [6.45, 7) is 3.49. The number of phosphoric acid groups is 1. The third-order valence-corrected chi connectivity index (χ3v) is 15.6. The first-order chi connectivity index (χ1) is 43.8. The second-order valence-corrected chi connectivity index (χ2v) is 24.4. The van der Waals surface area contributed by atoms with Gasteiger partial charge in [-0.1, -0.05) is 312 Å². The lowest BCUT2D eigenvalue weighted by molar-refractivity contribution is -0.161. The Morgan fingerprint density at radius 3 is 0.865 bits per heavy atom. The fourth-order valence-corrected chi connectivity index (χ4v) is 10.2. The number of esters is 2. The Morgan fingerprint density at radius 2 is 0.584 bits per heavy atom. The minimum absolute atomic E-state index is 0.0414. The lowest BCUT2D eigenvalue weighted by Crippen LogP contribution is -2.29. The van der Waals surface area contributed by atoms with Crippen molar-refractivity contribution in [3.63, 3.8) is 0 Å². The van der Waals surface area contributed by atoms with Crippen LogP contribution in [0.25, 0.3) is 0 Å². The van der Waals surface area contributed by atoms with Crippen molar-refractivity contribution in [2.24, 2.45) is 5.73 Å². The fourth-order valence-electron chi connectivity index (χ4n) is 9.42.